The van der Waals surface area contributed by atoms with Crippen LogP contribution in [-0.2, 0) is 4.74 Å². The average molecular weight is 347 g/mol. The third-order valence-electron chi connectivity index (χ3n) is 4.80. The number of amides is 1. The number of nitrogens with one attached hydrogen (secondary N) is 1. The molecule has 7 heteroatoms. The highest BCUT2D eigenvalue weighted by Gasteiger charge is 2.45. The highest BCUT2D eigenvalue weighted by molar-refractivity contribution is 5.70. The molecule has 1 aromatic carbocycles. The zero-order chi connectivity index (χ0) is 18.2. The zero-order valence-corrected chi connectivity index (χ0v) is 14.9. The number of carbonyl (C=O) groups excluding carboxylic acids is 1. The van der Waals surface area contributed by atoms with Crippen molar-refractivity contribution in [1.29, 1.82) is 0 Å². The maximum atomic E-state index is 12.5. The molecular weight excluding hydrogens is 322 g/mol. The quantitative estimate of drug-likeness (QED) is 0.661. The minimum absolute atomic E-state index is 0.0874. The maximum absolute atomic E-state index is 12.5. The van der Waals surface area contributed by atoms with Crippen molar-refractivity contribution in [2.24, 2.45) is 0 Å². The van der Waals surface area contributed by atoms with Gasteiger partial charge in [0.2, 0.25) is 0 Å². The first kappa shape index (κ1) is 17.5. The number of hydrogen-bond donors (Lipinski definition) is 1. The standard InChI is InChI=1S/C18H25N3O4/c1-18(2,3)25-17(22)20-13-8-9-14(20)11-12(10-13)19-15-6-4-5-7-16(15)21(23)24/h4-7,12-14,19H,8-11H2,1-3H3/t12-,13+,14-. The van der Waals surface area contributed by atoms with Crippen LogP contribution in [0.3, 0.4) is 0 Å². The highest BCUT2D eigenvalue weighted by atomic mass is 16.6. The molecule has 0 aliphatic carbocycles. The smallest absolute Gasteiger partial charge is 0.410 e. The molecule has 1 N–H and O–H groups in total. The van der Waals surface area contributed by atoms with Gasteiger partial charge in [-0.2, -0.15) is 0 Å². The van der Waals surface area contributed by atoms with Crippen LogP contribution in [0.5, 0.6) is 0 Å². The molecule has 7 nitrogen and oxygen atoms in total. The maximum Gasteiger partial charge on any atom is 0.410 e. The number of anilines is 1. The summed E-state index contributed by atoms with van der Waals surface area (Å²) in [6.07, 6.45) is 3.23. The molecule has 2 bridgehead atoms. The van der Waals surface area contributed by atoms with E-state index in [1.54, 1.807) is 18.2 Å². The summed E-state index contributed by atoms with van der Waals surface area (Å²) in [6, 6.07) is 7.09. The fraction of sp³-hybridized carbons (Fsp3) is 0.611. The van der Waals surface area contributed by atoms with Gasteiger partial charge < -0.3 is 15.0 Å². The third kappa shape index (κ3) is 3.86. The van der Waals surface area contributed by atoms with Crippen molar-refractivity contribution in [3.8, 4) is 0 Å². The van der Waals surface area contributed by atoms with E-state index >= 15 is 0 Å². The molecular formula is C18H25N3O4. The lowest BCUT2D eigenvalue weighted by Crippen LogP contribution is -2.51. The lowest BCUT2D eigenvalue weighted by Gasteiger charge is -2.39. The molecule has 0 saturated carbocycles. The zero-order valence-electron chi connectivity index (χ0n) is 14.9. The number of carbonyl (C=O) groups is 1. The van der Waals surface area contributed by atoms with Gasteiger partial charge in [0.25, 0.3) is 5.69 Å². The second-order valence-electron chi connectivity index (χ2n) is 7.86. The first-order chi connectivity index (χ1) is 11.7. The minimum atomic E-state index is -0.504. The fourth-order valence-electron chi connectivity index (χ4n) is 3.88. The van der Waals surface area contributed by atoms with Gasteiger partial charge in [0.15, 0.2) is 0 Å². The van der Waals surface area contributed by atoms with Crippen LogP contribution < -0.4 is 5.32 Å². The Labute approximate surface area is 147 Å². The van der Waals surface area contributed by atoms with Crippen molar-refractivity contribution >= 4 is 17.5 Å². The Hall–Kier alpha value is -2.31. The van der Waals surface area contributed by atoms with Crippen molar-refractivity contribution in [2.45, 2.75) is 70.2 Å². The Morgan fingerprint density at radius 2 is 1.84 bits per heavy atom. The van der Waals surface area contributed by atoms with Crippen LogP contribution in [-0.4, -0.2) is 39.6 Å². The number of nitrogens with zero attached hydrogens (tertiary/aromatic N) is 2. The van der Waals surface area contributed by atoms with E-state index in [0.29, 0.717) is 5.69 Å². The molecule has 2 saturated heterocycles. The predicted octanol–water partition coefficient (Wildman–Crippen LogP) is 3.94. The van der Waals surface area contributed by atoms with Gasteiger partial charge in [0.05, 0.1) is 4.92 Å². The van der Waals surface area contributed by atoms with E-state index in [9.17, 15) is 14.9 Å². The molecule has 25 heavy (non-hydrogen) atoms. The molecule has 2 fully saturated rings. The van der Waals surface area contributed by atoms with E-state index < -0.39 is 5.60 Å². The first-order valence-electron chi connectivity index (χ1n) is 8.76. The molecule has 0 aromatic heterocycles. The van der Waals surface area contributed by atoms with Gasteiger partial charge in [-0.3, -0.25) is 10.1 Å². The van der Waals surface area contributed by atoms with Crippen LogP contribution in [0.4, 0.5) is 16.2 Å². The topological polar surface area (TPSA) is 84.7 Å². The van der Waals surface area contributed by atoms with Crippen molar-refractivity contribution in [2.75, 3.05) is 5.32 Å². The van der Waals surface area contributed by atoms with Crippen LogP contribution in [0.2, 0.25) is 0 Å². The second-order valence-corrected chi connectivity index (χ2v) is 7.86. The molecule has 0 unspecified atom stereocenters. The lowest BCUT2D eigenvalue weighted by atomic mass is 9.97. The molecule has 1 aromatic rings. The number of fused-ring (bicyclic) bond motifs is 2. The van der Waals surface area contributed by atoms with Gasteiger partial charge in [-0.1, -0.05) is 12.1 Å². The lowest BCUT2D eigenvalue weighted by molar-refractivity contribution is -0.384. The molecule has 0 spiro atoms. The van der Waals surface area contributed by atoms with Crippen LogP contribution in [0, 0.1) is 10.1 Å². The summed E-state index contributed by atoms with van der Waals surface area (Å²) in [6.45, 7) is 5.61. The summed E-state index contributed by atoms with van der Waals surface area (Å²) in [5.74, 6) is 0. The Bertz CT molecular complexity index is 657. The number of nitro benzene ring substituents is 1. The van der Waals surface area contributed by atoms with Gasteiger partial charge in [-0.05, 0) is 52.5 Å². The SMILES string of the molecule is CC(C)(C)OC(=O)N1[C@@H]2CC[C@H]1C[C@@H](Nc1ccccc1[N+](=O)[O-])C2. The fourth-order valence-corrected chi connectivity index (χ4v) is 3.88. The van der Waals surface area contributed by atoms with E-state index in [1.807, 2.05) is 25.7 Å². The van der Waals surface area contributed by atoms with Crippen molar-refractivity contribution in [3.63, 3.8) is 0 Å². The van der Waals surface area contributed by atoms with E-state index in [1.165, 1.54) is 6.07 Å². The number of piperidine rings is 1. The molecule has 2 aliphatic rings. The van der Waals surface area contributed by atoms with Crippen molar-refractivity contribution < 1.29 is 14.5 Å². The van der Waals surface area contributed by atoms with Crippen LogP contribution in [0.1, 0.15) is 46.5 Å². The Morgan fingerprint density at radius 3 is 2.40 bits per heavy atom. The summed E-state index contributed by atoms with van der Waals surface area (Å²) in [4.78, 5) is 25.2. The molecule has 3 rings (SSSR count). The number of hydrogen-bond acceptors (Lipinski definition) is 5. The molecule has 0 radical (unpaired) electrons. The molecule has 1 amide bonds. The van der Waals surface area contributed by atoms with Gasteiger partial charge in [0, 0.05) is 24.2 Å². The van der Waals surface area contributed by atoms with E-state index in [0.717, 1.165) is 25.7 Å². The summed E-state index contributed by atoms with van der Waals surface area (Å²) >= 11 is 0. The highest BCUT2D eigenvalue weighted by Crippen LogP contribution is 2.38. The van der Waals surface area contributed by atoms with E-state index in [4.69, 9.17) is 4.74 Å². The first-order valence-corrected chi connectivity index (χ1v) is 8.76. The van der Waals surface area contributed by atoms with E-state index in [-0.39, 0.29) is 34.8 Å². The van der Waals surface area contributed by atoms with Crippen molar-refractivity contribution in [1.82, 2.24) is 4.90 Å². The van der Waals surface area contributed by atoms with Crippen LogP contribution in [0.15, 0.2) is 24.3 Å². The summed E-state index contributed by atoms with van der Waals surface area (Å²) in [7, 11) is 0. The Morgan fingerprint density at radius 1 is 1.24 bits per heavy atom. The summed E-state index contributed by atoms with van der Waals surface area (Å²) < 4.78 is 5.54. The number of para-hydroxylation sites is 2. The van der Waals surface area contributed by atoms with Crippen LogP contribution in [0.25, 0.3) is 0 Å². The molecule has 2 aliphatic heterocycles. The second kappa shape index (κ2) is 6.54. The number of ether oxygens (including phenoxy) is 1. The summed E-state index contributed by atoms with van der Waals surface area (Å²) in [5, 5.41) is 14.5. The van der Waals surface area contributed by atoms with Gasteiger partial charge in [0.1, 0.15) is 11.3 Å². The third-order valence-corrected chi connectivity index (χ3v) is 4.80. The Kier molecular flexibility index (Phi) is 4.58. The largest absolute Gasteiger partial charge is 0.444 e. The van der Waals surface area contributed by atoms with Gasteiger partial charge in [-0.25, -0.2) is 4.79 Å². The van der Waals surface area contributed by atoms with Gasteiger partial charge >= 0.3 is 6.09 Å². The average Bonchev–Trinajstić information content (AvgIpc) is 2.78. The molecule has 2 heterocycles. The van der Waals surface area contributed by atoms with Crippen molar-refractivity contribution in [3.05, 3.63) is 34.4 Å². The predicted molar refractivity (Wildman–Crippen MR) is 94.6 cm³/mol. The monoisotopic (exact) mass is 347 g/mol. The Balaban J connectivity index is 1.68. The number of nitro groups is 1. The van der Waals surface area contributed by atoms with Crippen LogP contribution >= 0.6 is 0 Å². The van der Waals surface area contributed by atoms with E-state index in [2.05, 4.69) is 5.32 Å². The van der Waals surface area contributed by atoms with Gasteiger partial charge in [-0.15, -0.1) is 0 Å². The number of benzene rings is 1. The number of rotatable bonds is 3. The minimum Gasteiger partial charge on any atom is -0.444 e. The normalized spacial score (nSPS) is 25.6. The molecule has 3 atom stereocenters. The summed E-state index contributed by atoms with van der Waals surface area (Å²) in [5.41, 5.74) is 0.128. The molecule has 136 valence electrons.